The van der Waals surface area contributed by atoms with E-state index in [0.717, 1.165) is 35.3 Å². The molecule has 0 aliphatic heterocycles. The SMILES string of the molecule is CC(C)[C@@H]1CC[C@@H](C)CC1OC(=O)Cn1c(-c2ccc([N+](=O)[O-])cc2)[n+](C)c2ccccc21.[I-]. The van der Waals surface area contributed by atoms with E-state index in [4.69, 9.17) is 4.74 Å². The molecule has 1 aliphatic carbocycles. The highest BCUT2D eigenvalue weighted by atomic mass is 127. The molecule has 8 heteroatoms. The lowest BCUT2D eigenvalue weighted by atomic mass is 9.75. The Morgan fingerprint density at radius 3 is 2.50 bits per heavy atom. The van der Waals surface area contributed by atoms with Gasteiger partial charge in [0.2, 0.25) is 0 Å². The smallest absolute Gasteiger partial charge is 0.348 e. The quantitative estimate of drug-likeness (QED) is 0.148. The van der Waals surface area contributed by atoms with Crippen molar-refractivity contribution in [1.29, 1.82) is 0 Å². The summed E-state index contributed by atoms with van der Waals surface area (Å²) in [6.45, 7) is 6.72. The van der Waals surface area contributed by atoms with Crippen molar-refractivity contribution in [2.75, 3.05) is 0 Å². The fourth-order valence-corrected chi connectivity index (χ4v) is 5.21. The number of benzene rings is 2. The number of hydrogen-bond donors (Lipinski definition) is 0. The molecule has 34 heavy (non-hydrogen) atoms. The summed E-state index contributed by atoms with van der Waals surface area (Å²) in [6.07, 6.45) is 3.12. The second kappa shape index (κ2) is 10.8. The maximum atomic E-state index is 13.2. The topological polar surface area (TPSA) is 78.2 Å². The Morgan fingerprint density at radius 1 is 1.18 bits per heavy atom. The van der Waals surface area contributed by atoms with E-state index >= 15 is 0 Å². The number of hydrogen-bond acceptors (Lipinski definition) is 4. The minimum atomic E-state index is -0.410. The van der Waals surface area contributed by atoms with Gasteiger partial charge in [0.15, 0.2) is 17.6 Å². The van der Waals surface area contributed by atoms with E-state index in [-0.39, 0.29) is 48.3 Å². The maximum Gasteiger partial charge on any atom is 0.348 e. The van der Waals surface area contributed by atoms with Crippen molar-refractivity contribution in [3.05, 3.63) is 58.6 Å². The lowest BCUT2D eigenvalue weighted by molar-refractivity contribution is -0.634. The molecule has 1 unspecified atom stereocenters. The number of aromatic nitrogens is 2. The summed E-state index contributed by atoms with van der Waals surface area (Å²) in [5.74, 6) is 1.97. The van der Waals surface area contributed by atoms with Gasteiger partial charge < -0.3 is 28.7 Å². The van der Waals surface area contributed by atoms with Crippen LogP contribution in [0.1, 0.15) is 40.0 Å². The Morgan fingerprint density at radius 2 is 1.85 bits per heavy atom. The first-order chi connectivity index (χ1) is 15.8. The van der Waals surface area contributed by atoms with Crippen molar-refractivity contribution in [3.63, 3.8) is 0 Å². The number of para-hydroxylation sites is 2. The molecule has 4 rings (SSSR count). The molecule has 1 aliphatic rings. The van der Waals surface area contributed by atoms with Gasteiger partial charge in [-0.2, -0.15) is 0 Å². The molecule has 3 aromatic rings. The van der Waals surface area contributed by atoms with Crippen LogP contribution in [0.5, 0.6) is 0 Å². The third-order valence-corrected chi connectivity index (χ3v) is 6.97. The first-order valence-corrected chi connectivity index (χ1v) is 11.7. The second-order valence-electron chi connectivity index (χ2n) is 9.62. The first kappa shape index (κ1) is 26.1. The van der Waals surface area contributed by atoms with Crippen LogP contribution in [0, 0.1) is 27.9 Å². The van der Waals surface area contributed by atoms with Gasteiger partial charge in [-0.3, -0.25) is 10.1 Å². The van der Waals surface area contributed by atoms with Gasteiger partial charge in [-0.1, -0.05) is 39.3 Å². The number of non-ortho nitro benzene ring substituents is 1. The minimum Gasteiger partial charge on any atom is -1.00 e. The second-order valence-corrected chi connectivity index (χ2v) is 9.62. The summed E-state index contributed by atoms with van der Waals surface area (Å²) in [6, 6.07) is 14.3. The van der Waals surface area contributed by atoms with Crippen LogP contribution in [0.15, 0.2) is 48.5 Å². The van der Waals surface area contributed by atoms with Crippen LogP contribution in [0.3, 0.4) is 0 Å². The fraction of sp³-hybridized carbons (Fsp3) is 0.462. The van der Waals surface area contributed by atoms with E-state index in [0.29, 0.717) is 17.8 Å². The molecular weight excluding hydrogens is 545 g/mol. The molecule has 1 aromatic heterocycles. The highest BCUT2D eigenvalue weighted by molar-refractivity contribution is 5.79. The highest BCUT2D eigenvalue weighted by Gasteiger charge is 2.34. The van der Waals surface area contributed by atoms with E-state index in [1.807, 2.05) is 40.4 Å². The molecule has 0 saturated heterocycles. The molecule has 0 amide bonds. The summed E-state index contributed by atoms with van der Waals surface area (Å²) < 4.78 is 10.1. The van der Waals surface area contributed by atoms with Gasteiger partial charge in [0, 0.05) is 12.1 Å². The number of nitro groups is 1. The normalized spacial score (nSPS) is 20.2. The fourth-order valence-electron chi connectivity index (χ4n) is 5.21. The molecule has 0 N–H and O–H groups in total. The third kappa shape index (κ3) is 5.26. The molecule has 1 saturated carbocycles. The number of rotatable bonds is 6. The maximum absolute atomic E-state index is 13.2. The number of fused-ring (bicyclic) bond motifs is 1. The van der Waals surface area contributed by atoms with Gasteiger partial charge in [-0.15, -0.1) is 0 Å². The Labute approximate surface area is 217 Å². The highest BCUT2D eigenvalue weighted by Crippen LogP contribution is 2.35. The van der Waals surface area contributed by atoms with E-state index < -0.39 is 4.92 Å². The summed E-state index contributed by atoms with van der Waals surface area (Å²) in [4.78, 5) is 23.9. The number of carbonyl (C=O) groups is 1. The molecule has 182 valence electrons. The molecule has 3 atom stereocenters. The first-order valence-electron chi connectivity index (χ1n) is 11.7. The number of halogens is 1. The third-order valence-electron chi connectivity index (χ3n) is 6.97. The predicted octanol–water partition coefficient (Wildman–Crippen LogP) is 2.05. The standard InChI is InChI=1S/C26H32N3O4.HI/c1-17(2)21-14-9-18(3)15-24(21)33-25(30)16-28-23-8-6-5-7-22(23)27(4)26(28)19-10-12-20(13-11-19)29(31)32;/h5-8,10-13,17-18,21,24H,9,14-16H2,1-4H3;1H/q+1;/p-1/t18-,21+,24?;/m1./s1. The number of nitrogens with zero attached hydrogens (tertiary/aromatic N) is 3. The number of esters is 1. The van der Waals surface area contributed by atoms with Gasteiger partial charge in [0.05, 0.1) is 17.5 Å². The zero-order chi connectivity index (χ0) is 23.7. The number of nitro benzene ring substituents is 1. The van der Waals surface area contributed by atoms with Crippen LogP contribution in [-0.4, -0.2) is 21.6 Å². The van der Waals surface area contributed by atoms with Gasteiger partial charge in [0.1, 0.15) is 6.10 Å². The molecule has 1 fully saturated rings. The van der Waals surface area contributed by atoms with E-state index in [2.05, 4.69) is 20.8 Å². The van der Waals surface area contributed by atoms with Crippen molar-refractivity contribution in [2.45, 2.75) is 52.7 Å². The Balaban J connectivity index is 0.00000324. The van der Waals surface area contributed by atoms with E-state index in [1.54, 1.807) is 12.1 Å². The number of aryl methyl sites for hydroxylation is 1. The van der Waals surface area contributed by atoms with Crippen LogP contribution in [-0.2, 0) is 23.1 Å². The minimum absolute atomic E-state index is 0. The summed E-state index contributed by atoms with van der Waals surface area (Å²) in [5, 5.41) is 11.1. The van der Waals surface area contributed by atoms with Crippen LogP contribution >= 0.6 is 0 Å². The molecule has 2 aromatic carbocycles. The number of carbonyl (C=O) groups excluding carboxylic acids is 1. The van der Waals surface area contributed by atoms with Crippen molar-refractivity contribution in [1.82, 2.24) is 4.57 Å². The molecule has 0 bridgehead atoms. The summed E-state index contributed by atoms with van der Waals surface area (Å²) >= 11 is 0. The molecule has 7 nitrogen and oxygen atoms in total. The average molecular weight is 577 g/mol. The largest absolute Gasteiger partial charge is 1.00 e. The van der Waals surface area contributed by atoms with Gasteiger partial charge >= 0.3 is 5.97 Å². The summed E-state index contributed by atoms with van der Waals surface area (Å²) in [5.41, 5.74) is 2.74. The van der Waals surface area contributed by atoms with Crippen molar-refractivity contribution >= 4 is 22.7 Å². The Hall–Kier alpha value is -2.49. The average Bonchev–Trinajstić information content (AvgIpc) is 3.05. The zero-order valence-electron chi connectivity index (χ0n) is 20.1. The van der Waals surface area contributed by atoms with Gasteiger partial charge in [-0.25, -0.2) is 13.9 Å². The lowest BCUT2D eigenvalue weighted by Crippen LogP contribution is -3.00. The molecule has 0 radical (unpaired) electrons. The molecule has 1 heterocycles. The summed E-state index contributed by atoms with van der Waals surface area (Å²) in [7, 11) is 1.94. The van der Waals surface area contributed by atoms with Crippen molar-refractivity contribution < 1.29 is 43.0 Å². The van der Waals surface area contributed by atoms with Crippen molar-refractivity contribution in [3.8, 4) is 11.4 Å². The van der Waals surface area contributed by atoms with Crippen LogP contribution in [0.25, 0.3) is 22.4 Å². The van der Waals surface area contributed by atoms with Crippen LogP contribution in [0.4, 0.5) is 5.69 Å². The van der Waals surface area contributed by atoms with Gasteiger partial charge in [-0.05, 0) is 54.9 Å². The monoisotopic (exact) mass is 577 g/mol. The molecular formula is C26H32IN3O4. The van der Waals surface area contributed by atoms with E-state index in [9.17, 15) is 14.9 Å². The van der Waals surface area contributed by atoms with Crippen molar-refractivity contribution in [2.24, 2.45) is 24.8 Å². The predicted molar refractivity (Wildman–Crippen MR) is 126 cm³/mol. The zero-order valence-corrected chi connectivity index (χ0v) is 22.3. The van der Waals surface area contributed by atoms with Gasteiger partial charge in [0.25, 0.3) is 11.5 Å². The number of imidazole rings is 1. The Bertz CT molecular complexity index is 1170. The number of ether oxygens (including phenoxy) is 1. The van der Waals surface area contributed by atoms with E-state index in [1.165, 1.54) is 18.6 Å². The lowest BCUT2D eigenvalue weighted by Gasteiger charge is -2.36. The van der Waals surface area contributed by atoms with Crippen LogP contribution in [0.2, 0.25) is 0 Å². The molecule has 0 spiro atoms. The van der Waals surface area contributed by atoms with Crippen LogP contribution < -0.4 is 28.5 Å². The Kier molecular flexibility index (Phi) is 8.33.